The van der Waals surface area contributed by atoms with Crippen molar-refractivity contribution in [3.8, 4) is 0 Å². The number of aromatic nitrogens is 2. The summed E-state index contributed by atoms with van der Waals surface area (Å²) in [6, 6.07) is 6.15. The van der Waals surface area contributed by atoms with Gasteiger partial charge in [0.1, 0.15) is 0 Å². The SMILES string of the molecule is CS(=O)(=O)[O-].Cn1c(C(F)(F)C(F)(F)F)[n+](C)c2ccccc21. The van der Waals surface area contributed by atoms with Crippen molar-refractivity contribution in [3.05, 3.63) is 30.1 Å². The fourth-order valence-corrected chi connectivity index (χ4v) is 2.03. The Kier molecular flexibility index (Phi) is 5.07. The Morgan fingerprint density at radius 2 is 1.57 bits per heavy atom. The van der Waals surface area contributed by atoms with Crippen LogP contribution in [0.15, 0.2) is 24.3 Å². The molecule has 1 heterocycles. The summed E-state index contributed by atoms with van der Waals surface area (Å²) >= 11 is 0. The van der Waals surface area contributed by atoms with Crippen LogP contribution in [0.2, 0.25) is 0 Å². The zero-order valence-electron chi connectivity index (χ0n) is 12.2. The lowest BCUT2D eigenvalue weighted by Gasteiger charge is -2.16. The molecule has 0 aliphatic rings. The number of hydrogen-bond donors (Lipinski definition) is 0. The van der Waals surface area contributed by atoms with E-state index in [1.807, 2.05) is 0 Å². The first kappa shape index (κ1) is 19.3. The van der Waals surface area contributed by atoms with Gasteiger partial charge in [0, 0.05) is 6.26 Å². The summed E-state index contributed by atoms with van der Waals surface area (Å²) in [5.41, 5.74) is 0.637. The molecule has 0 saturated carbocycles. The lowest BCUT2D eigenvalue weighted by molar-refractivity contribution is -0.667. The minimum Gasteiger partial charge on any atom is -0.748 e. The van der Waals surface area contributed by atoms with Crippen molar-refractivity contribution >= 4 is 21.2 Å². The van der Waals surface area contributed by atoms with Crippen LogP contribution in [0.3, 0.4) is 0 Å². The average molecular weight is 360 g/mol. The first-order valence-electron chi connectivity index (χ1n) is 5.97. The predicted octanol–water partition coefficient (Wildman–Crippen LogP) is 1.82. The van der Waals surface area contributed by atoms with Crippen LogP contribution in [0, 0.1) is 0 Å². The smallest absolute Gasteiger partial charge is 0.466 e. The molecule has 0 bridgehead atoms. The zero-order valence-corrected chi connectivity index (χ0v) is 13.0. The molecule has 0 aliphatic carbocycles. The summed E-state index contributed by atoms with van der Waals surface area (Å²) in [6.45, 7) is 0. The normalized spacial score (nSPS) is 12.9. The third kappa shape index (κ3) is 4.16. The van der Waals surface area contributed by atoms with Gasteiger partial charge in [0.2, 0.25) is 0 Å². The molecule has 1 aromatic carbocycles. The lowest BCUT2D eigenvalue weighted by Crippen LogP contribution is -2.46. The largest absolute Gasteiger partial charge is 0.748 e. The fourth-order valence-electron chi connectivity index (χ4n) is 2.03. The summed E-state index contributed by atoms with van der Waals surface area (Å²) in [6.07, 6.45) is -5.01. The highest BCUT2D eigenvalue weighted by Crippen LogP contribution is 2.43. The van der Waals surface area contributed by atoms with Crippen LogP contribution in [0.1, 0.15) is 5.82 Å². The number of fused-ring (bicyclic) bond motifs is 1. The molecule has 0 fully saturated rings. The molecule has 2 aromatic rings. The van der Waals surface area contributed by atoms with E-state index in [-0.39, 0.29) is 0 Å². The molecular weight excluding hydrogens is 347 g/mol. The highest BCUT2D eigenvalue weighted by molar-refractivity contribution is 7.84. The molecule has 0 aliphatic heterocycles. The first-order valence-corrected chi connectivity index (χ1v) is 7.79. The van der Waals surface area contributed by atoms with Crippen LogP contribution in [0.25, 0.3) is 11.0 Å². The molecule has 130 valence electrons. The quantitative estimate of drug-likeness (QED) is 0.443. The summed E-state index contributed by atoms with van der Waals surface area (Å²) in [5.74, 6) is -5.98. The number of hydrogen-bond acceptors (Lipinski definition) is 3. The van der Waals surface area contributed by atoms with Crippen LogP contribution in [0.4, 0.5) is 22.0 Å². The molecule has 0 amide bonds. The Morgan fingerprint density at radius 3 is 1.96 bits per heavy atom. The average Bonchev–Trinajstić information content (AvgIpc) is 2.59. The lowest BCUT2D eigenvalue weighted by atomic mass is 10.3. The standard InChI is InChI=1S/C11H10F5N2.CH4O3S/c1-17-7-5-3-4-6-8(7)18(2)9(17)10(12,13)11(14,15)16;1-5(2,3)4/h3-6H,1-2H3;1H3,(H,2,3,4)/q+1;/p-1. The van der Waals surface area contributed by atoms with Crippen LogP contribution >= 0.6 is 0 Å². The van der Waals surface area contributed by atoms with E-state index in [4.69, 9.17) is 13.0 Å². The van der Waals surface area contributed by atoms with Crippen molar-refractivity contribution in [3.63, 3.8) is 0 Å². The van der Waals surface area contributed by atoms with Crippen molar-refractivity contribution in [2.45, 2.75) is 12.1 Å². The minimum atomic E-state index is -5.62. The van der Waals surface area contributed by atoms with Gasteiger partial charge in [-0.05, 0) is 12.1 Å². The highest BCUT2D eigenvalue weighted by atomic mass is 32.2. The van der Waals surface area contributed by atoms with Gasteiger partial charge in [-0.25, -0.2) is 17.6 Å². The number of rotatable bonds is 1. The number of benzene rings is 1. The van der Waals surface area contributed by atoms with Crippen molar-refractivity contribution in [1.82, 2.24) is 4.57 Å². The maximum Gasteiger partial charge on any atom is 0.466 e. The van der Waals surface area contributed by atoms with Gasteiger partial charge in [-0.2, -0.15) is 22.0 Å². The second-order valence-electron chi connectivity index (χ2n) is 4.71. The minimum absolute atomic E-state index is 0.318. The molecule has 1 aromatic heterocycles. The fraction of sp³-hybridized carbons (Fsp3) is 0.417. The Bertz CT molecular complexity index is 765. The van der Waals surface area contributed by atoms with E-state index >= 15 is 0 Å². The molecule has 0 unspecified atom stereocenters. The third-order valence-corrected chi connectivity index (χ3v) is 2.88. The molecule has 0 atom stereocenters. The Labute approximate surface area is 128 Å². The van der Waals surface area contributed by atoms with Gasteiger partial charge < -0.3 is 4.55 Å². The van der Waals surface area contributed by atoms with Gasteiger partial charge in [0.05, 0.1) is 24.2 Å². The highest BCUT2D eigenvalue weighted by Gasteiger charge is 2.66. The summed E-state index contributed by atoms with van der Waals surface area (Å²) < 4.78 is 93.2. The summed E-state index contributed by atoms with van der Waals surface area (Å²) in [5, 5.41) is 0. The molecule has 11 heteroatoms. The first-order chi connectivity index (χ1) is 10.2. The van der Waals surface area contributed by atoms with Crippen LogP contribution < -0.4 is 4.57 Å². The van der Waals surface area contributed by atoms with Crippen molar-refractivity contribution in [1.29, 1.82) is 0 Å². The molecule has 2 rings (SSSR count). The molecule has 0 radical (unpaired) electrons. The van der Waals surface area contributed by atoms with Crippen molar-refractivity contribution in [2.75, 3.05) is 6.26 Å². The van der Waals surface area contributed by atoms with E-state index in [1.54, 1.807) is 12.1 Å². The number of alkyl halides is 5. The van der Waals surface area contributed by atoms with E-state index in [0.29, 0.717) is 17.3 Å². The second-order valence-corrected chi connectivity index (χ2v) is 6.11. The van der Waals surface area contributed by atoms with Crippen molar-refractivity contribution in [2.24, 2.45) is 14.1 Å². The molecular formula is C12H13F5N2O3S. The number of nitrogens with zero attached hydrogens (tertiary/aromatic N) is 2. The molecule has 23 heavy (non-hydrogen) atoms. The number of para-hydroxylation sites is 2. The number of aryl methyl sites for hydroxylation is 2. The van der Waals surface area contributed by atoms with E-state index in [1.165, 1.54) is 26.2 Å². The Hall–Kier alpha value is -1.75. The number of imidazole rings is 1. The van der Waals surface area contributed by atoms with Gasteiger partial charge in [-0.1, -0.05) is 12.1 Å². The van der Waals surface area contributed by atoms with E-state index in [2.05, 4.69) is 0 Å². The van der Waals surface area contributed by atoms with E-state index in [9.17, 15) is 22.0 Å². The molecule has 0 N–H and O–H groups in total. The topological polar surface area (TPSA) is 66.0 Å². The van der Waals surface area contributed by atoms with Crippen molar-refractivity contribution < 1.29 is 39.5 Å². The van der Waals surface area contributed by atoms with Crippen LogP contribution in [0.5, 0.6) is 0 Å². The number of halogens is 5. The van der Waals surface area contributed by atoms with Crippen LogP contribution in [-0.2, 0) is 30.1 Å². The third-order valence-electron chi connectivity index (χ3n) is 2.88. The van der Waals surface area contributed by atoms with Gasteiger partial charge in [-0.15, -0.1) is 0 Å². The molecule has 5 nitrogen and oxygen atoms in total. The predicted molar refractivity (Wildman–Crippen MR) is 69.7 cm³/mol. The Balaban J connectivity index is 0.000000463. The molecule has 0 saturated heterocycles. The van der Waals surface area contributed by atoms with Gasteiger partial charge in [-0.3, -0.25) is 0 Å². The summed E-state index contributed by atoms with van der Waals surface area (Å²) in [7, 11) is -1.53. The van der Waals surface area contributed by atoms with Gasteiger partial charge >= 0.3 is 17.9 Å². The summed E-state index contributed by atoms with van der Waals surface area (Å²) in [4.78, 5) is 0. The van der Waals surface area contributed by atoms with Crippen LogP contribution in [-0.4, -0.2) is 30.0 Å². The Morgan fingerprint density at radius 1 is 1.13 bits per heavy atom. The zero-order chi connectivity index (χ0) is 18.2. The maximum absolute atomic E-state index is 13.5. The monoisotopic (exact) mass is 360 g/mol. The van der Waals surface area contributed by atoms with Gasteiger partial charge in [0.25, 0.3) is 0 Å². The second kappa shape index (κ2) is 6.04. The molecule has 0 spiro atoms. The van der Waals surface area contributed by atoms with Gasteiger partial charge in [0.15, 0.2) is 11.0 Å². The maximum atomic E-state index is 13.5. The van der Waals surface area contributed by atoms with E-state index in [0.717, 1.165) is 9.13 Å². The van der Waals surface area contributed by atoms with E-state index < -0.39 is 28.0 Å².